The van der Waals surface area contributed by atoms with E-state index in [9.17, 15) is 23.3 Å². The van der Waals surface area contributed by atoms with Crippen molar-refractivity contribution in [2.24, 2.45) is 0 Å². The van der Waals surface area contributed by atoms with E-state index in [0.29, 0.717) is 10.6 Å². The molecule has 0 radical (unpaired) electrons. The third kappa shape index (κ3) is 3.93. The van der Waals surface area contributed by atoms with E-state index in [2.05, 4.69) is 15.9 Å². The fourth-order valence-corrected chi connectivity index (χ4v) is 6.75. The van der Waals surface area contributed by atoms with Gasteiger partial charge in [0, 0.05) is 22.7 Å². The molecule has 3 aromatic rings. The summed E-state index contributed by atoms with van der Waals surface area (Å²) < 4.78 is 27.9. The van der Waals surface area contributed by atoms with Crippen molar-refractivity contribution < 1.29 is 18.1 Å². The molecule has 2 heterocycles. The van der Waals surface area contributed by atoms with Crippen LogP contribution in [0.4, 0.5) is 11.4 Å². The Hall–Kier alpha value is -2.82. The fraction of sp³-hybridized carbons (Fsp3) is 0.0952. The lowest BCUT2D eigenvalue weighted by molar-refractivity contribution is -0.384. The van der Waals surface area contributed by atoms with E-state index in [-0.39, 0.29) is 16.2 Å². The maximum absolute atomic E-state index is 13.6. The first-order chi connectivity index (χ1) is 14.7. The molecule has 0 bridgehead atoms. The maximum Gasteiger partial charge on any atom is 0.271 e. The monoisotopic (exact) mass is 518 g/mol. The van der Waals surface area contributed by atoms with Crippen molar-refractivity contribution in [3.05, 3.63) is 95.5 Å². The third-order valence-electron chi connectivity index (χ3n) is 4.78. The van der Waals surface area contributed by atoms with Crippen LogP contribution in [0.25, 0.3) is 6.08 Å². The minimum absolute atomic E-state index is 0.153. The molecular weight excluding hydrogens is 504 g/mol. The predicted octanol–water partition coefficient (Wildman–Crippen LogP) is 5.23. The molecule has 10 heteroatoms. The van der Waals surface area contributed by atoms with Crippen LogP contribution in [0.1, 0.15) is 21.4 Å². The molecule has 31 heavy (non-hydrogen) atoms. The van der Waals surface area contributed by atoms with Crippen molar-refractivity contribution >= 4 is 60.5 Å². The molecule has 1 aromatic heterocycles. The summed E-state index contributed by atoms with van der Waals surface area (Å²) >= 11 is 4.63. The first-order valence-corrected chi connectivity index (χ1v) is 12.2. The summed E-state index contributed by atoms with van der Waals surface area (Å²) in [7, 11) is -4.17. The molecule has 1 atom stereocenters. The number of sulfone groups is 1. The van der Waals surface area contributed by atoms with Crippen LogP contribution in [0.5, 0.6) is 0 Å². The summed E-state index contributed by atoms with van der Waals surface area (Å²) in [4.78, 5) is 25.5. The van der Waals surface area contributed by atoms with E-state index in [1.807, 2.05) is 13.0 Å². The van der Waals surface area contributed by atoms with Crippen LogP contribution in [0.3, 0.4) is 0 Å². The average molecular weight is 519 g/mol. The number of nitro benzene ring substituents is 1. The minimum Gasteiger partial charge on any atom is -0.286 e. The van der Waals surface area contributed by atoms with Gasteiger partial charge in [-0.1, -0.05) is 24.3 Å². The van der Waals surface area contributed by atoms with Crippen LogP contribution in [-0.4, -0.2) is 19.2 Å². The van der Waals surface area contributed by atoms with E-state index >= 15 is 0 Å². The topological polar surface area (TPSA) is 97.6 Å². The number of hydrogen-bond donors (Lipinski definition) is 0. The predicted molar refractivity (Wildman–Crippen MR) is 123 cm³/mol. The highest BCUT2D eigenvalue weighted by atomic mass is 79.9. The van der Waals surface area contributed by atoms with E-state index in [4.69, 9.17) is 0 Å². The molecule has 1 amide bonds. The Morgan fingerprint density at radius 2 is 1.87 bits per heavy atom. The molecule has 0 spiro atoms. The smallest absolute Gasteiger partial charge is 0.271 e. The van der Waals surface area contributed by atoms with Crippen LogP contribution < -0.4 is 4.90 Å². The first kappa shape index (κ1) is 21.4. The third-order valence-corrected chi connectivity index (χ3v) is 8.32. The SMILES string of the molecule is Cc1cccc(N2C(=O)/C(=C\c3ccc(Br)s3)S(=O)(=O)C2c2cccc([N+](=O)[O-])c2)c1. The number of amides is 1. The second kappa shape index (κ2) is 8.03. The zero-order valence-corrected chi connectivity index (χ0v) is 19.3. The molecule has 0 N–H and O–H groups in total. The second-order valence-electron chi connectivity index (χ2n) is 6.91. The molecule has 0 saturated carbocycles. The summed E-state index contributed by atoms with van der Waals surface area (Å²) in [6.45, 7) is 1.83. The van der Waals surface area contributed by atoms with Gasteiger partial charge in [0.25, 0.3) is 11.6 Å². The average Bonchev–Trinajstić information content (AvgIpc) is 3.21. The van der Waals surface area contributed by atoms with Crippen molar-refractivity contribution in [1.82, 2.24) is 0 Å². The van der Waals surface area contributed by atoms with Crippen LogP contribution in [-0.2, 0) is 14.6 Å². The zero-order valence-electron chi connectivity index (χ0n) is 16.1. The number of halogens is 1. The molecule has 1 aliphatic rings. The minimum atomic E-state index is -4.17. The van der Waals surface area contributed by atoms with Gasteiger partial charge in [-0.05, 0) is 64.3 Å². The molecule has 1 unspecified atom stereocenters. The number of anilines is 1. The number of non-ortho nitro benzene ring substituents is 1. The molecular formula is C21H15BrN2O5S2. The van der Waals surface area contributed by atoms with Gasteiger partial charge in [0.1, 0.15) is 4.91 Å². The molecule has 0 aliphatic carbocycles. The van der Waals surface area contributed by atoms with Crippen LogP contribution in [0.15, 0.2) is 69.4 Å². The number of carbonyl (C=O) groups excluding carboxylic acids is 1. The van der Waals surface area contributed by atoms with Gasteiger partial charge < -0.3 is 0 Å². The number of carbonyl (C=O) groups is 1. The Morgan fingerprint density at radius 1 is 1.13 bits per heavy atom. The summed E-state index contributed by atoms with van der Waals surface area (Å²) in [5, 5.41) is 9.85. The van der Waals surface area contributed by atoms with Crippen LogP contribution >= 0.6 is 27.3 Å². The van der Waals surface area contributed by atoms with Gasteiger partial charge in [-0.25, -0.2) is 8.42 Å². The first-order valence-electron chi connectivity index (χ1n) is 9.04. The summed E-state index contributed by atoms with van der Waals surface area (Å²) in [6.07, 6.45) is 1.35. The van der Waals surface area contributed by atoms with Crippen molar-refractivity contribution in [2.75, 3.05) is 4.90 Å². The number of thiophene rings is 1. The Kier molecular flexibility index (Phi) is 5.54. The molecule has 1 aliphatic heterocycles. The quantitative estimate of drug-likeness (QED) is 0.267. The summed E-state index contributed by atoms with van der Waals surface area (Å²) in [6, 6.07) is 15.8. The van der Waals surface area contributed by atoms with E-state index < -0.39 is 26.0 Å². The summed E-state index contributed by atoms with van der Waals surface area (Å²) in [5.41, 5.74) is 1.16. The van der Waals surface area contributed by atoms with Gasteiger partial charge in [-0.15, -0.1) is 11.3 Å². The molecule has 1 saturated heterocycles. The van der Waals surface area contributed by atoms with E-state index in [1.165, 1.54) is 46.6 Å². The largest absolute Gasteiger partial charge is 0.286 e. The fourth-order valence-electron chi connectivity index (χ4n) is 3.44. The maximum atomic E-state index is 13.6. The number of aryl methyl sites for hydroxylation is 1. The van der Waals surface area contributed by atoms with Crippen LogP contribution in [0.2, 0.25) is 0 Å². The lowest BCUT2D eigenvalue weighted by Gasteiger charge is -2.23. The molecule has 4 rings (SSSR count). The van der Waals surface area contributed by atoms with E-state index in [1.54, 1.807) is 30.3 Å². The number of nitro groups is 1. The highest BCUT2D eigenvalue weighted by molar-refractivity contribution is 9.11. The number of rotatable bonds is 4. The molecule has 7 nitrogen and oxygen atoms in total. The Balaban J connectivity index is 1.94. The Morgan fingerprint density at radius 3 is 2.52 bits per heavy atom. The second-order valence-corrected chi connectivity index (χ2v) is 11.4. The lowest BCUT2D eigenvalue weighted by Crippen LogP contribution is -2.29. The number of hydrogen-bond acceptors (Lipinski definition) is 6. The van der Waals surface area contributed by atoms with Gasteiger partial charge in [0.05, 0.1) is 8.71 Å². The lowest BCUT2D eigenvalue weighted by atomic mass is 10.1. The van der Waals surface area contributed by atoms with Gasteiger partial charge >= 0.3 is 0 Å². The Bertz CT molecular complexity index is 1350. The van der Waals surface area contributed by atoms with E-state index in [0.717, 1.165) is 9.35 Å². The van der Waals surface area contributed by atoms with Gasteiger partial charge in [-0.3, -0.25) is 19.8 Å². The van der Waals surface area contributed by atoms with Crippen molar-refractivity contribution in [3.63, 3.8) is 0 Å². The molecule has 158 valence electrons. The van der Waals surface area contributed by atoms with Gasteiger partial charge in [-0.2, -0.15) is 0 Å². The molecule has 2 aromatic carbocycles. The zero-order chi connectivity index (χ0) is 22.3. The Labute approximate surface area is 190 Å². The number of nitrogens with zero attached hydrogens (tertiary/aromatic N) is 2. The molecule has 1 fully saturated rings. The van der Waals surface area contributed by atoms with Gasteiger partial charge in [0.2, 0.25) is 9.84 Å². The van der Waals surface area contributed by atoms with Crippen molar-refractivity contribution in [2.45, 2.75) is 12.3 Å². The van der Waals surface area contributed by atoms with Crippen molar-refractivity contribution in [3.8, 4) is 0 Å². The number of benzene rings is 2. The van der Waals surface area contributed by atoms with Gasteiger partial charge in [0.15, 0.2) is 5.37 Å². The summed E-state index contributed by atoms with van der Waals surface area (Å²) in [5.74, 6) is -0.674. The standard InChI is InChI=1S/C21H15BrN2O5S2/c1-13-4-2-6-15(10-13)23-20(25)18(12-17-8-9-19(22)30-17)31(28,29)21(23)14-5-3-7-16(11-14)24(26)27/h2-12,21H,1H3/b18-12+. The highest BCUT2D eigenvalue weighted by Crippen LogP contribution is 2.44. The highest BCUT2D eigenvalue weighted by Gasteiger charge is 2.50. The normalized spacial score (nSPS) is 19.2. The van der Waals surface area contributed by atoms with Crippen molar-refractivity contribution in [1.29, 1.82) is 0 Å². The van der Waals surface area contributed by atoms with Crippen LogP contribution in [0, 0.1) is 17.0 Å².